The van der Waals surface area contributed by atoms with E-state index in [-0.39, 0.29) is 0 Å². The third-order valence-electron chi connectivity index (χ3n) is 1.93. The molecule has 1 N–H and O–H groups in total. The summed E-state index contributed by atoms with van der Waals surface area (Å²) in [5, 5.41) is 3.24. The Morgan fingerprint density at radius 2 is 2.08 bits per heavy atom. The molecule has 0 saturated heterocycles. The van der Waals surface area contributed by atoms with Gasteiger partial charge < -0.3 is 5.32 Å². The van der Waals surface area contributed by atoms with Crippen LogP contribution in [0.4, 0.5) is 0 Å². The van der Waals surface area contributed by atoms with Crippen LogP contribution in [0.5, 0.6) is 0 Å². The molecule has 0 spiro atoms. The zero-order valence-electron chi connectivity index (χ0n) is 7.31. The lowest BCUT2D eigenvalue weighted by molar-refractivity contribution is 0.776. The summed E-state index contributed by atoms with van der Waals surface area (Å²) in [5.41, 5.74) is 3.69. The zero-order chi connectivity index (χ0) is 8.81. The minimum Gasteiger partial charge on any atom is -0.307 e. The standard InChI is InChI=1S/C10H14BrN/c1-9-4-2-3-5-10(9)6-7-12-8-11/h2-5,12H,6-8H2,1H3. The molecule has 1 rings (SSSR count). The van der Waals surface area contributed by atoms with E-state index in [1.807, 2.05) is 0 Å². The average molecular weight is 228 g/mol. The molecule has 0 radical (unpaired) electrons. The molecule has 0 amide bonds. The summed E-state index contributed by atoms with van der Waals surface area (Å²) in [6.45, 7) is 3.19. The second-order valence-electron chi connectivity index (χ2n) is 2.81. The number of nitrogens with one attached hydrogen (secondary N) is 1. The number of hydrogen-bond acceptors (Lipinski definition) is 1. The summed E-state index contributed by atoms with van der Waals surface area (Å²) < 4.78 is 0. The van der Waals surface area contributed by atoms with Gasteiger partial charge in [0.05, 0.1) is 5.45 Å². The van der Waals surface area contributed by atoms with Crippen molar-refractivity contribution in [3.63, 3.8) is 0 Å². The molecule has 0 aliphatic rings. The third kappa shape index (κ3) is 2.95. The number of aryl methyl sites for hydroxylation is 1. The van der Waals surface area contributed by atoms with Crippen molar-refractivity contribution in [3.8, 4) is 0 Å². The van der Waals surface area contributed by atoms with E-state index >= 15 is 0 Å². The van der Waals surface area contributed by atoms with Gasteiger partial charge in [0.25, 0.3) is 0 Å². The first-order chi connectivity index (χ1) is 5.84. The summed E-state index contributed by atoms with van der Waals surface area (Å²) >= 11 is 3.33. The van der Waals surface area contributed by atoms with E-state index in [9.17, 15) is 0 Å². The van der Waals surface area contributed by atoms with Gasteiger partial charge in [0.15, 0.2) is 0 Å². The Bertz CT molecular complexity index is 235. The van der Waals surface area contributed by atoms with Gasteiger partial charge in [0.2, 0.25) is 0 Å². The normalized spacial score (nSPS) is 10.2. The summed E-state index contributed by atoms with van der Waals surface area (Å²) in [5.74, 6) is 0. The first kappa shape index (κ1) is 9.75. The lowest BCUT2D eigenvalue weighted by atomic mass is 10.1. The van der Waals surface area contributed by atoms with E-state index < -0.39 is 0 Å². The maximum Gasteiger partial charge on any atom is 0.0517 e. The van der Waals surface area contributed by atoms with Gasteiger partial charge >= 0.3 is 0 Å². The summed E-state index contributed by atoms with van der Waals surface area (Å²) in [4.78, 5) is 0. The molecule has 0 bridgehead atoms. The van der Waals surface area contributed by atoms with E-state index in [4.69, 9.17) is 0 Å². The Hall–Kier alpha value is -0.340. The molecule has 0 aliphatic carbocycles. The van der Waals surface area contributed by atoms with Crippen LogP contribution < -0.4 is 5.32 Å². The smallest absolute Gasteiger partial charge is 0.0517 e. The van der Waals surface area contributed by atoms with Gasteiger partial charge in [-0.2, -0.15) is 0 Å². The van der Waals surface area contributed by atoms with Crippen LogP contribution in [0.15, 0.2) is 24.3 Å². The van der Waals surface area contributed by atoms with Gasteiger partial charge in [-0.05, 0) is 31.0 Å². The van der Waals surface area contributed by atoms with Gasteiger partial charge in [-0.25, -0.2) is 0 Å². The van der Waals surface area contributed by atoms with Crippen molar-refractivity contribution >= 4 is 15.9 Å². The van der Waals surface area contributed by atoms with Crippen LogP contribution in [0.1, 0.15) is 11.1 Å². The molecular formula is C10H14BrN. The van der Waals surface area contributed by atoms with E-state index in [1.165, 1.54) is 11.1 Å². The monoisotopic (exact) mass is 227 g/mol. The summed E-state index contributed by atoms with van der Waals surface area (Å²) in [6, 6.07) is 8.52. The summed E-state index contributed by atoms with van der Waals surface area (Å²) in [6.07, 6.45) is 1.11. The average Bonchev–Trinajstić information content (AvgIpc) is 2.09. The topological polar surface area (TPSA) is 12.0 Å². The number of halogens is 1. The molecule has 0 unspecified atom stereocenters. The van der Waals surface area contributed by atoms with Crippen LogP contribution >= 0.6 is 15.9 Å². The Kier molecular flexibility index (Phi) is 4.33. The molecule has 1 aromatic carbocycles. The fourth-order valence-corrected chi connectivity index (χ4v) is 1.46. The minimum absolute atomic E-state index is 0.874. The van der Waals surface area contributed by atoms with E-state index in [2.05, 4.69) is 52.4 Å². The number of hydrogen-bond donors (Lipinski definition) is 1. The molecule has 66 valence electrons. The molecule has 0 aliphatic heterocycles. The van der Waals surface area contributed by atoms with Crippen LogP contribution in [0.3, 0.4) is 0 Å². The molecule has 0 aromatic heterocycles. The molecule has 2 heteroatoms. The molecule has 1 nitrogen and oxygen atoms in total. The van der Waals surface area contributed by atoms with Gasteiger partial charge in [0, 0.05) is 0 Å². The van der Waals surface area contributed by atoms with E-state index in [0.717, 1.165) is 18.4 Å². The first-order valence-corrected chi connectivity index (χ1v) is 5.28. The number of rotatable bonds is 4. The van der Waals surface area contributed by atoms with E-state index in [1.54, 1.807) is 0 Å². The van der Waals surface area contributed by atoms with Gasteiger partial charge in [-0.1, -0.05) is 40.2 Å². The Balaban J connectivity index is 2.46. The lowest BCUT2D eigenvalue weighted by Crippen LogP contribution is -2.14. The fourth-order valence-electron chi connectivity index (χ4n) is 1.18. The minimum atomic E-state index is 0.874. The number of alkyl halides is 1. The van der Waals surface area contributed by atoms with Crippen molar-refractivity contribution in [2.24, 2.45) is 0 Å². The van der Waals surface area contributed by atoms with Crippen LogP contribution in [0, 0.1) is 6.92 Å². The Morgan fingerprint density at radius 3 is 2.75 bits per heavy atom. The lowest BCUT2D eigenvalue weighted by Gasteiger charge is -2.04. The summed E-state index contributed by atoms with van der Waals surface area (Å²) in [7, 11) is 0. The molecular weight excluding hydrogens is 214 g/mol. The molecule has 0 heterocycles. The molecule has 0 saturated carbocycles. The highest BCUT2D eigenvalue weighted by Crippen LogP contribution is 2.06. The van der Waals surface area contributed by atoms with Crippen LogP contribution in [-0.4, -0.2) is 12.0 Å². The van der Waals surface area contributed by atoms with Crippen molar-refractivity contribution < 1.29 is 0 Å². The SMILES string of the molecule is Cc1ccccc1CCNCBr. The Morgan fingerprint density at radius 1 is 1.33 bits per heavy atom. The zero-order valence-corrected chi connectivity index (χ0v) is 8.89. The maximum atomic E-state index is 3.33. The second kappa shape index (κ2) is 5.33. The molecule has 0 fully saturated rings. The molecule has 0 atom stereocenters. The van der Waals surface area contributed by atoms with Crippen molar-refractivity contribution in [1.29, 1.82) is 0 Å². The van der Waals surface area contributed by atoms with Crippen LogP contribution in [0.25, 0.3) is 0 Å². The van der Waals surface area contributed by atoms with Crippen LogP contribution in [0.2, 0.25) is 0 Å². The quantitative estimate of drug-likeness (QED) is 0.474. The van der Waals surface area contributed by atoms with E-state index in [0.29, 0.717) is 0 Å². The Labute approximate surface area is 82.3 Å². The predicted molar refractivity (Wildman–Crippen MR) is 56.7 cm³/mol. The fraction of sp³-hybridized carbons (Fsp3) is 0.400. The van der Waals surface area contributed by atoms with Gasteiger partial charge in [0.1, 0.15) is 0 Å². The number of benzene rings is 1. The molecule has 1 aromatic rings. The third-order valence-corrected chi connectivity index (χ3v) is 2.32. The van der Waals surface area contributed by atoms with Crippen molar-refractivity contribution in [1.82, 2.24) is 5.32 Å². The predicted octanol–water partition coefficient (Wildman–Crippen LogP) is 2.48. The maximum absolute atomic E-state index is 3.33. The van der Waals surface area contributed by atoms with Gasteiger partial charge in [-0.3, -0.25) is 0 Å². The highest BCUT2D eigenvalue weighted by Gasteiger charge is 1.94. The first-order valence-electron chi connectivity index (χ1n) is 4.16. The van der Waals surface area contributed by atoms with Crippen molar-refractivity contribution in [2.45, 2.75) is 13.3 Å². The van der Waals surface area contributed by atoms with Gasteiger partial charge in [-0.15, -0.1) is 0 Å². The molecule has 12 heavy (non-hydrogen) atoms. The van der Waals surface area contributed by atoms with Crippen molar-refractivity contribution in [3.05, 3.63) is 35.4 Å². The highest BCUT2D eigenvalue weighted by atomic mass is 79.9. The second-order valence-corrected chi connectivity index (χ2v) is 3.37. The highest BCUT2D eigenvalue weighted by molar-refractivity contribution is 9.09. The van der Waals surface area contributed by atoms with Crippen LogP contribution in [-0.2, 0) is 6.42 Å². The van der Waals surface area contributed by atoms with Crippen molar-refractivity contribution in [2.75, 3.05) is 12.0 Å². The largest absolute Gasteiger partial charge is 0.307 e.